The van der Waals surface area contributed by atoms with Gasteiger partial charge in [-0.1, -0.05) is 80.2 Å². The molecule has 1 aliphatic rings. The molecule has 1 aromatic rings. The maximum absolute atomic E-state index is 3.90. The van der Waals surface area contributed by atoms with Gasteiger partial charge in [0.05, 0.1) is 0 Å². The summed E-state index contributed by atoms with van der Waals surface area (Å²) < 4.78 is 0. The number of benzene rings is 1. The fourth-order valence-corrected chi connectivity index (χ4v) is 3.76. The molecule has 0 radical (unpaired) electrons. The Bertz CT molecular complexity index is 372. The summed E-state index contributed by atoms with van der Waals surface area (Å²) in [5.74, 6) is 0.710. The van der Waals surface area contributed by atoms with Gasteiger partial charge in [0.2, 0.25) is 0 Å². The summed E-state index contributed by atoms with van der Waals surface area (Å²) in [5.41, 5.74) is 3.22. The second-order valence-corrected chi connectivity index (χ2v) is 7.81. The fourth-order valence-electron chi connectivity index (χ4n) is 2.87. The third-order valence-electron chi connectivity index (χ3n) is 4.14. The van der Waals surface area contributed by atoms with Gasteiger partial charge in [-0.15, -0.1) is 0 Å². The molecule has 2 atom stereocenters. The average Bonchev–Trinajstić information content (AvgIpc) is 2.53. The lowest BCUT2D eigenvalue weighted by atomic mass is 9.84. The van der Waals surface area contributed by atoms with Crippen LogP contribution in [0, 0.1) is 0 Å². The van der Waals surface area contributed by atoms with E-state index in [4.69, 9.17) is 0 Å². The summed E-state index contributed by atoms with van der Waals surface area (Å²) in [5, 5.41) is 0. The minimum absolute atomic E-state index is 0.260. The second-order valence-electron chi connectivity index (χ2n) is 6.63. The largest absolute Gasteiger partial charge is 0.0884 e. The first kappa shape index (κ1) is 14.1. The minimum atomic E-state index is 0.260. The van der Waals surface area contributed by atoms with Crippen molar-refractivity contribution in [1.82, 2.24) is 0 Å². The fraction of sp³-hybridized carbons (Fsp3) is 0.647. The molecule has 1 aromatic carbocycles. The predicted molar refractivity (Wildman–Crippen MR) is 83.7 cm³/mol. The smallest absolute Gasteiger partial charge is 0.0214 e. The zero-order valence-corrected chi connectivity index (χ0v) is 13.5. The van der Waals surface area contributed by atoms with E-state index in [0.717, 1.165) is 0 Å². The van der Waals surface area contributed by atoms with Crippen LogP contribution in [0.4, 0.5) is 0 Å². The molecule has 0 N–H and O–H groups in total. The maximum Gasteiger partial charge on any atom is 0.0214 e. The summed E-state index contributed by atoms with van der Waals surface area (Å²) in [7, 11) is 0. The molecule has 1 aliphatic carbocycles. The molecule has 0 spiro atoms. The van der Waals surface area contributed by atoms with Crippen molar-refractivity contribution < 1.29 is 0 Å². The first-order chi connectivity index (χ1) is 8.48. The second kappa shape index (κ2) is 5.77. The molecule has 0 saturated heterocycles. The highest BCUT2D eigenvalue weighted by molar-refractivity contribution is 9.09. The standard InChI is InChI=1S/C17H25Br/c1-17(2,3)14-11-9-13(10-12-14)15-7-5-4-6-8-16(15)18/h9-12,15-16H,4-8H2,1-3H3. The molecule has 0 aliphatic heterocycles. The van der Waals surface area contributed by atoms with Crippen molar-refractivity contribution in [2.24, 2.45) is 0 Å². The molecule has 0 amide bonds. The van der Waals surface area contributed by atoms with Crippen LogP contribution >= 0.6 is 15.9 Å². The highest BCUT2D eigenvalue weighted by atomic mass is 79.9. The van der Waals surface area contributed by atoms with Crippen LogP contribution in [0.1, 0.15) is 69.9 Å². The Balaban J connectivity index is 2.17. The maximum atomic E-state index is 3.90. The lowest BCUT2D eigenvalue weighted by molar-refractivity contribution is 0.586. The SMILES string of the molecule is CC(C)(C)c1ccc(C2CCCCCC2Br)cc1. The first-order valence-electron chi connectivity index (χ1n) is 7.23. The van der Waals surface area contributed by atoms with Crippen LogP contribution in [-0.2, 0) is 5.41 Å². The lowest BCUT2D eigenvalue weighted by Gasteiger charge is -2.23. The monoisotopic (exact) mass is 308 g/mol. The Hall–Kier alpha value is -0.300. The van der Waals surface area contributed by atoms with Crippen LogP contribution in [0.15, 0.2) is 24.3 Å². The van der Waals surface area contributed by atoms with Gasteiger partial charge < -0.3 is 0 Å². The van der Waals surface area contributed by atoms with Gasteiger partial charge >= 0.3 is 0 Å². The number of hydrogen-bond acceptors (Lipinski definition) is 0. The number of alkyl halides is 1. The molecule has 0 nitrogen and oxygen atoms in total. The highest BCUT2D eigenvalue weighted by Gasteiger charge is 2.23. The molecule has 2 rings (SSSR count). The van der Waals surface area contributed by atoms with Crippen molar-refractivity contribution in [3.63, 3.8) is 0 Å². The van der Waals surface area contributed by atoms with Crippen LogP contribution in [-0.4, -0.2) is 4.83 Å². The van der Waals surface area contributed by atoms with E-state index in [1.54, 1.807) is 0 Å². The summed E-state index contributed by atoms with van der Waals surface area (Å²) in [6.45, 7) is 6.84. The molecular weight excluding hydrogens is 284 g/mol. The Morgan fingerprint density at radius 3 is 2.17 bits per heavy atom. The van der Waals surface area contributed by atoms with Crippen molar-refractivity contribution in [1.29, 1.82) is 0 Å². The van der Waals surface area contributed by atoms with Crippen LogP contribution in [0.5, 0.6) is 0 Å². The van der Waals surface area contributed by atoms with Gasteiger partial charge in [0, 0.05) is 4.83 Å². The minimum Gasteiger partial charge on any atom is -0.0884 e. The van der Waals surface area contributed by atoms with E-state index in [-0.39, 0.29) is 5.41 Å². The third kappa shape index (κ3) is 3.38. The van der Waals surface area contributed by atoms with Gasteiger partial charge in [-0.25, -0.2) is 0 Å². The Labute approximate surface area is 120 Å². The highest BCUT2D eigenvalue weighted by Crippen LogP contribution is 2.37. The number of hydrogen-bond donors (Lipinski definition) is 0. The molecule has 2 unspecified atom stereocenters. The van der Waals surface area contributed by atoms with E-state index in [2.05, 4.69) is 61.0 Å². The predicted octanol–water partition coefficient (Wildman–Crippen LogP) is 5.80. The van der Waals surface area contributed by atoms with E-state index < -0.39 is 0 Å². The number of halogens is 1. The topological polar surface area (TPSA) is 0 Å². The first-order valence-corrected chi connectivity index (χ1v) is 8.14. The molecule has 0 aromatic heterocycles. The zero-order valence-electron chi connectivity index (χ0n) is 11.9. The van der Waals surface area contributed by atoms with Crippen LogP contribution in [0.2, 0.25) is 0 Å². The molecule has 1 heteroatoms. The quantitative estimate of drug-likeness (QED) is 0.454. The van der Waals surface area contributed by atoms with Gasteiger partial charge in [-0.2, -0.15) is 0 Å². The number of rotatable bonds is 1. The lowest BCUT2D eigenvalue weighted by Crippen LogP contribution is -2.13. The third-order valence-corrected chi connectivity index (χ3v) is 5.23. The zero-order chi connectivity index (χ0) is 13.2. The summed E-state index contributed by atoms with van der Waals surface area (Å²) >= 11 is 3.90. The van der Waals surface area contributed by atoms with E-state index in [9.17, 15) is 0 Å². The van der Waals surface area contributed by atoms with E-state index in [0.29, 0.717) is 10.7 Å². The molecular formula is C17H25Br. The summed E-state index contributed by atoms with van der Waals surface area (Å²) in [6, 6.07) is 9.34. The normalized spacial score (nSPS) is 25.8. The van der Waals surface area contributed by atoms with Crippen LogP contribution < -0.4 is 0 Å². The van der Waals surface area contributed by atoms with Gasteiger partial charge in [0.15, 0.2) is 0 Å². The van der Waals surface area contributed by atoms with Gasteiger partial charge in [-0.05, 0) is 35.3 Å². The van der Waals surface area contributed by atoms with Crippen molar-refractivity contribution in [2.45, 2.75) is 69.0 Å². The van der Waals surface area contributed by atoms with Gasteiger partial charge in [0.1, 0.15) is 0 Å². The van der Waals surface area contributed by atoms with Crippen LogP contribution in [0.3, 0.4) is 0 Å². The van der Waals surface area contributed by atoms with E-state index >= 15 is 0 Å². The molecule has 100 valence electrons. The van der Waals surface area contributed by atoms with E-state index in [1.165, 1.54) is 43.2 Å². The van der Waals surface area contributed by atoms with Crippen molar-refractivity contribution in [3.05, 3.63) is 35.4 Å². The van der Waals surface area contributed by atoms with Crippen molar-refractivity contribution in [2.75, 3.05) is 0 Å². The molecule has 1 fully saturated rings. The van der Waals surface area contributed by atoms with Crippen molar-refractivity contribution >= 4 is 15.9 Å². The Morgan fingerprint density at radius 2 is 1.56 bits per heavy atom. The van der Waals surface area contributed by atoms with Gasteiger partial charge in [0.25, 0.3) is 0 Å². The van der Waals surface area contributed by atoms with Crippen LogP contribution in [0.25, 0.3) is 0 Å². The average molecular weight is 309 g/mol. The molecule has 0 heterocycles. The molecule has 1 saturated carbocycles. The summed E-state index contributed by atoms with van der Waals surface area (Å²) in [4.78, 5) is 0.667. The van der Waals surface area contributed by atoms with Crippen molar-refractivity contribution in [3.8, 4) is 0 Å². The Morgan fingerprint density at radius 1 is 0.944 bits per heavy atom. The summed E-state index contributed by atoms with van der Waals surface area (Å²) in [6.07, 6.45) is 6.83. The van der Waals surface area contributed by atoms with E-state index in [1.807, 2.05) is 0 Å². The Kier molecular flexibility index (Phi) is 4.53. The molecule has 0 bridgehead atoms. The van der Waals surface area contributed by atoms with Gasteiger partial charge in [-0.3, -0.25) is 0 Å². The molecule has 18 heavy (non-hydrogen) atoms.